The number of ether oxygens (including phenoxy) is 1. The molecule has 0 heterocycles. The second kappa shape index (κ2) is 6.23. The Hall–Kier alpha value is -1.30. The van der Waals surface area contributed by atoms with E-state index in [0.29, 0.717) is 10.7 Å². The highest BCUT2D eigenvalue weighted by Crippen LogP contribution is 2.14. The zero-order valence-corrected chi connectivity index (χ0v) is 8.88. The summed E-state index contributed by atoms with van der Waals surface area (Å²) in [5.41, 5.74) is 2.72. The minimum atomic E-state index is -0.491. The Morgan fingerprint density at radius 2 is 2.33 bits per heavy atom. The highest BCUT2D eigenvalue weighted by molar-refractivity contribution is 6.30. The van der Waals surface area contributed by atoms with Crippen LogP contribution >= 0.6 is 11.6 Å². The lowest BCUT2D eigenvalue weighted by Gasteiger charge is -2.06. The summed E-state index contributed by atoms with van der Waals surface area (Å²) >= 11 is 5.73. The number of carbonyl (C=O) groups is 1. The molecule has 0 aliphatic heterocycles. The number of hydrogen-bond acceptors (Lipinski definition) is 3. The van der Waals surface area contributed by atoms with Crippen LogP contribution in [0.4, 0.5) is 10.5 Å². The molecule has 0 spiro atoms. The van der Waals surface area contributed by atoms with E-state index >= 15 is 0 Å². The van der Waals surface area contributed by atoms with Crippen LogP contribution in [0.15, 0.2) is 24.3 Å². The lowest BCUT2D eigenvalue weighted by molar-refractivity contribution is -0.0647. The highest BCUT2D eigenvalue weighted by atomic mass is 35.5. The average Bonchev–Trinajstić information content (AvgIpc) is 2.18. The molecule has 15 heavy (non-hydrogen) atoms. The monoisotopic (exact) mass is 230 g/mol. The molecule has 0 unspecified atom stereocenters. The Balaban J connectivity index is 2.37. The van der Waals surface area contributed by atoms with Crippen molar-refractivity contribution in [3.8, 4) is 0 Å². The van der Waals surface area contributed by atoms with E-state index in [4.69, 9.17) is 11.6 Å². The molecule has 0 aliphatic rings. The molecule has 5 nitrogen and oxygen atoms in total. The fourth-order valence-electron chi connectivity index (χ4n) is 0.877. The van der Waals surface area contributed by atoms with E-state index < -0.39 is 6.03 Å². The van der Waals surface area contributed by atoms with Crippen LogP contribution < -0.4 is 10.8 Å². The van der Waals surface area contributed by atoms with Gasteiger partial charge in [-0.25, -0.2) is 15.1 Å². The third-order valence-corrected chi connectivity index (χ3v) is 1.66. The normalized spacial score (nSPS) is 9.73. The third kappa shape index (κ3) is 4.64. The number of methoxy groups -OCH3 is 1. The van der Waals surface area contributed by atoms with E-state index in [-0.39, 0.29) is 6.79 Å². The van der Waals surface area contributed by atoms with Crippen molar-refractivity contribution in [3.05, 3.63) is 29.3 Å². The lowest BCUT2D eigenvalue weighted by atomic mass is 10.3. The molecule has 1 rings (SSSR count). The number of halogens is 1. The summed E-state index contributed by atoms with van der Waals surface area (Å²) in [5.74, 6) is 0. The fourth-order valence-corrected chi connectivity index (χ4v) is 1.07. The first-order valence-electron chi connectivity index (χ1n) is 4.15. The van der Waals surface area contributed by atoms with Crippen LogP contribution in [0.5, 0.6) is 0 Å². The average molecular weight is 231 g/mol. The predicted molar refractivity (Wildman–Crippen MR) is 56.6 cm³/mol. The standard InChI is InChI=1S/C9H11ClN2O3/c1-14-6-15-12-9(13)11-8-4-2-3-7(10)5-8/h2-5H,6H2,1H3,(H2,11,12,13). The molecular weight excluding hydrogens is 220 g/mol. The molecule has 0 radical (unpaired) electrons. The van der Waals surface area contributed by atoms with Crippen molar-refractivity contribution in [1.29, 1.82) is 0 Å². The number of urea groups is 1. The molecule has 0 saturated carbocycles. The minimum Gasteiger partial charge on any atom is -0.356 e. The number of anilines is 1. The van der Waals surface area contributed by atoms with Crippen LogP contribution in [-0.2, 0) is 9.57 Å². The molecule has 0 atom stereocenters. The second-order valence-electron chi connectivity index (χ2n) is 2.62. The SMILES string of the molecule is COCONC(=O)Nc1cccc(Cl)c1. The van der Waals surface area contributed by atoms with Crippen molar-refractivity contribution in [2.45, 2.75) is 0 Å². The summed E-state index contributed by atoms with van der Waals surface area (Å²) in [6.07, 6.45) is 0. The quantitative estimate of drug-likeness (QED) is 0.473. The zero-order chi connectivity index (χ0) is 11.1. The molecule has 0 aromatic heterocycles. The van der Waals surface area contributed by atoms with Crippen molar-refractivity contribution >= 4 is 23.3 Å². The maximum Gasteiger partial charge on any atom is 0.343 e. The third-order valence-electron chi connectivity index (χ3n) is 1.42. The van der Waals surface area contributed by atoms with Gasteiger partial charge in [-0.1, -0.05) is 17.7 Å². The van der Waals surface area contributed by atoms with Crippen molar-refractivity contribution in [2.75, 3.05) is 19.2 Å². The predicted octanol–water partition coefficient (Wildman–Crippen LogP) is 2.00. The maximum atomic E-state index is 11.2. The Morgan fingerprint density at radius 1 is 1.53 bits per heavy atom. The Labute approximate surface area is 92.3 Å². The summed E-state index contributed by atoms with van der Waals surface area (Å²) in [6, 6.07) is 6.29. The molecule has 2 N–H and O–H groups in total. The molecule has 0 saturated heterocycles. The van der Waals surface area contributed by atoms with E-state index in [0.717, 1.165) is 0 Å². The van der Waals surface area contributed by atoms with Crippen LogP contribution in [-0.4, -0.2) is 19.9 Å². The van der Waals surface area contributed by atoms with Gasteiger partial charge in [-0.3, -0.25) is 0 Å². The van der Waals surface area contributed by atoms with E-state index in [1.807, 2.05) is 0 Å². The van der Waals surface area contributed by atoms with E-state index in [1.54, 1.807) is 24.3 Å². The number of carbonyl (C=O) groups excluding carboxylic acids is 1. The maximum absolute atomic E-state index is 11.2. The zero-order valence-electron chi connectivity index (χ0n) is 8.12. The first-order chi connectivity index (χ1) is 7.22. The molecule has 6 heteroatoms. The van der Waals surface area contributed by atoms with Gasteiger partial charge in [0.15, 0.2) is 6.79 Å². The second-order valence-corrected chi connectivity index (χ2v) is 3.05. The van der Waals surface area contributed by atoms with Crippen LogP contribution in [0.2, 0.25) is 5.02 Å². The summed E-state index contributed by atoms with van der Waals surface area (Å²) in [5, 5.41) is 3.07. The van der Waals surface area contributed by atoms with Crippen molar-refractivity contribution in [3.63, 3.8) is 0 Å². The summed E-state index contributed by atoms with van der Waals surface area (Å²) in [6.45, 7) is -0.0109. The molecule has 1 aromatic carbocycles. The topological polar surface area (TPSA) is 59.6 Å². The van der Waals surface area contributed by atoms with Gasteiger partial charge >= 0.3 is 6.03 Å². The Kier molecular flexibility index (Phi) is 4.89. The van der Waals surface area contributed by atoms with E-state index in [2.05, 4.69) is 20.4 Å². The van der Waals surface area contributed by atoms with Gasteiger partial charge in [-0.05, 0) is 18.2 Å². The van der Waals surface area contributed by atoms with Gasteiger partial charge in [0.25, 0.3) is 0 Å². The van der Waals surface area contributed by atoms with Gasteiger partial charge in [0.05, 0.1) is 0 Å². The fraction of sp³-hybridized carbons (Fsp3) is 0.222. The van der Waals surface area contributed by atoms with Gasteiger partial charge in [0.1, 0.15) is 0 Å². The minimum absolute atomic E-state index is 0.0109. The van der Waals surface area contributed by atoms with E-state index in [9.17, 15) is 4.79 Å². The number of rotatable bonds is 4. The number of hydrogen-bond donors (Lipinski definition) is 2. The molecule has 2 amide bonds. The van der Waals surface area contributed by atoms with Crippen LogP contribution in [0, 0.1) is 0 Å². The van der Waals surface area contributed by atoms with Crippen LogP contribution in [0.3, 0.4) is 0 Å². The summed E-state index contributed by atoms with van der Waals surface area (Å²) in [7, 11) is 1.45. The van der Waals surface area contributed by atoms with Gasteiger partial charge in [0, 0.05) is 17.8 Å². The van der Waals surface area contributed by atoms with E-state index in [1.165, 1.54) is 7.11 Å². The molecular formula is C9H11ClN2O3. The van der Waals surface area contributed by atoms with Crippen LogP contribution in [0.25, 0.3) is 0 Å². The number of nitrogens with one attached hydrogen (secondary N) is 2. The Morgan fingerprint density at radius 3 is 3.00 bits per heavy atom. The Bertz CT molecular complexity index is 333. The van der Waals surface area contributed by atoms with Crippen molar-refractivity contribution in [1.82, 2.24) is 5.48 Å². The van der Waals surface area contributed by atoms with Gasteiger partial charge in [-0.15, -0.1) is 0 Å². The van der Waals surface area contributed by atoms with Crippen molar-refractivity contribution < 1.29 is 14.4 Å². The smallest absolute Gasteiger partial charge is 0.343 e. The largest absolute Gasteiger partial charge is 0.356 e. The summed E-state index contributed by atoms with van der Waals surface area (Å²) < 4.78 is 4.58. The first-order valence-corrected chi connectivity index (χ1v) is 4.53. The molecule has 0 aliphatic carbocycles. The number of hydroxylamine groups is 1. The number of amides is 2. The lowest BCUT2D eigenvalue weighted by Crippen LogP contribution is -2.29. The first kappa shape index (κ1) is 11.8. The summed E-state index contributed by atoms with van der Waals surface area (Å²) in [4.78, 5) is 15.8. The number of benzene rings is 1. The van der Waals surface area contributed by atoms with Crippen LogP contribution in [0.1, 0.15) is 0 Å². The van der Waals surface area contributed by atoms with Gasteiger partial charge in [-0.2, -0.15) is 0 Å². The highest BCUT2D eigenvalue weighted by Gasteiger charge is 2.00. The van der Waals surface area contributed by atoms with Gasteiger partial charge < -0.3 is 10.1 Å². The molecule has 0 fully saturated rings. The molecule has 82 valence electrons. The molecule has 0 bridgehead atoms. The van der Waals surface area contributed by atoms with Crippen molar-refractivity contribution in [2.24, 2.45) is 0 Å². The van der Waals surface area contributed by atoms with Gasteiger partial charge in [0.2, 0.25) is 0 Å². The molecule has 1 aromatic rings.